The van der Waals surface area contributed by atoms with E-state index in [9.17, 15) is 14.9 Å². The van der Waals surface area contributed by atoms with Crippen LogP contribution in [-0.2, 0) is 0 Å². The van der Waals surface area contributed by atoms with Gasteiger partial charge in [0.2, 0.25) is 0 Å². The second-order valence-electron chi connectivity index (χ2n) is 7.45. The van der Waals surface area contributed by atoms with Gasteiger partial charge in [0.05, 0.1) is 32.3 Å². The minimum atomic E-state index is -0.516. The lowest BCUT2D eigenvalue weighted by atomic mass is 9.96. The summed E-state index contributed by atoms with van der Waals surface area (Å²) in [5.41, 5.74) is 2.77. The number of ether oxygens (including phenoxy) is 3. The number of aryl methyl sites for hydroxylation is 1. The zero-order chi connectivity index (χ0) is 24.0. The maximum Gasteiger partial charge on any atom is 0.311 e. The van der Waals surface area contributed by atoms with Crippen molar-refractivity contribution in [2.24, 2.45) is 0 Å². The number of nitrogens with one attached hydrogen (secondary N) is 1. The number of nitro benzene ring substituents is 1. The van der Waals surface area contributed by atoms with Crippen LogP contribution in [0, 0.1) is 17.0 Å². The fourth-order valence-corrected chi connectivity index (χ4v) is 3.48. The lowest BCUT2D eigenvalue weighted by molar-refractivity contribution is -0.385. The summed E-state index contributed by atoms with van der Waals surface area (Å²) in [5, 5.41) is 14.9. The summed E-state index contributed by atoms with van der Waals surface area (Å²) < 4.78 is 15.7. The predicted molar refractivity (Wildman–Crippen MR) is 126 cm³/mol. The van der Waals surface area contributed by atoms with Crippen molar-refractivity contribution in [3.63, 3.8) is 0 Å². The van der Waals surface area contributed by atoms with Crippen molar-refractivity contribution in [1.29, 1.82) is 0 Å². The van der Waals surface area contributed by atoms with Crippen LogP contribution in [0.5, 0.6) is 17.2 Å². The third-order valence-electron chi connectivity index (χ3n) is 5.29. The van der Waals surface area contributed by atoms with E-state index in [4.69, 9.17) is 14.2 Å². The molecule has 0 radical (unpaired) electrons. The van der Waals surface area contributed by atoms with Gasteiger partial charge in [-0.15, -0.1) is 0 Å². The van der Waals surface area contributed by atoms with Gasteiger partial charge in [-0.1, -0.05) is 23.8 Å². The maximum atomic E-state index is 13.2. The molecular weight excluding hydrogens is 424 g/mol. The number of ketones is 1. The maximum absolute atomic E-state index is 13.2. The summed E-state index contributed by atoms with van der Waals surface area (Å²) in [6, 6.07) is 16.9. The highest BCUT2D eigenvalue weighted by Crippen LogP contribution is 2.34. The van der Waals surface area contributed by atoms with Crippen LogP contribution in [0.4, 0.5) is 11.4 Å². The van der Waals surface area contributed by atoms with Gasteiger partial charge in [0.25, 0.3) is 0 Å². The van der Waals surface area contributed by atoms with Gasteiger partial charge in [0.1, 0.15) is 0 Å². The molecule has 1 unspecified atom stereocenters. The molecule has 0 saturated heterocycles. The Hall–Kier alpha value is -4.07. The third-order valence-corrected chi connectivity index (χ3v) is 5.29. The molecule has 3 rings (SSSR count). The Morgan fingerprint density at radius 3 is 2.15 bits per heavy atom. The molecule has 33 heavy (non-hydrogen) atoms. The first-order valence-corrected chi connectivity index (χ1v) is 10.3. The summed E-state index contributed by atoms with van der Waals surface area (Å²) in [6.07, 6.45) is 0.0623. The van der Waals surface area contributed by atoms with E-state index in [1.165, 1.54) is 33.5 Å². The Bertz CT molecular complexity index is 1140. The predicted octanol–water partition coefficient (Wildman–Crippen LogP) is 5.36. The molecule has 0 aliphatic rings. The fraction of sp³-hybridized carbons (Fsp3) is 0.240. The molecular formula is C25H26N2O6. The largest absolute Gasteiger partial charge is 0.493 e. The lowest BCUT2D eigenvalue weighted by Crippen LogP contribution is -2.16. The van der Waals surface area contributed by atoms with E-state index in [0.717, 1.165) is 11.3 Å². The van der Waals surface area contributed by atoms with Gasteiger partial charge in [-0.3, -0.25) is 14.9 Å². The second kappa shape index (κ2) is 10.5. The third kappa shape index (κ3) is 5.60. The van der Waals surface area contributed by atoms with E-state index in [-0.39, 0.29) is 23.6 Å². The zero-order valence-electron chi connectivity index (χ0n) is 19.0. The molecule has 0 aliphatic heterocycles. The molecule has 8 nitrogen and oxygen atoms in total. The summed E-state index contributed by atoms with van der Waals surface area (Å²) in [5.74, 6) is 0.976. The highest BCUT2D eigenvalue weighted by atomic mass is 16.6. The monoisotopic (exact) mass is 450 g/mol. The van der Waals surface area contributed by atoms with E-state index in [1.807, 2.05) is 31.2 Å². The number of benzene rings is 3. The molecule has 3 aromatic rings. The van der Waals surface area contributed by atoms with Crippen molar-refractivity contribution in [2.75, 3.05) is 26.6 Å². The molecule has 3 aromatic carbocycles. The minimum Gasteiger partial charge on any atom is -0.493 e. The lowest BCUT2D eigenvalue weighted by Gasteiger charge is -2.21. The van der Waals surface area contributed by atoms with E-state index in [2.05, 4.69) is 5.32 Å². The highest BCUT2D eigenvalue weighted by molar-refractivity contribution is 5.97. The van der Waals surface area contributed by atoms with Gasteiger partial charge < -0.3 is 19.5 Å². The molecule has 0 aliphatic carbocycles. The van der Waals surface area contributed by atoms with E-state index in [0.29, 0.717) is 22.6 Å². The topological polar surface area (TPSA) is 99.9 Å². The number of carbonyl (C=O) groups excluding carboxylic acids is 1. The Morgan fingerprint density at radius 1 is 0.909 bits per heavy atom. The summed E-state index contributed by atoms with van der Waals surface area (Å²) in [6.45, 7) is 1.98. The van der Waals surface area contributed by atoms with Crippen LogP contribution in [0.25, 0.3) is 0 Å². The number of nitro groups is 1. The number of anilines is 1. The van der Waals surface area contributed by atoms with Crippen LogP contribution in [0.1, 0.15) is 33.9 Å². The number of carbonyl (C=O) groups is 1. The van der Waals surface area contributed by atoms with Gasteiger partial charge >= 0.3 is 5.69 Å². The van der Waals surface area contributed by atoms with Crippen LogP contribution in [0.3, 0.4) is 0 Å². The van der Waals surface area contributed by atoms with Crippen molar-refractivity contribution in [2.45, 2.75) is 19.4 Å². The standard InChI is InChI=1S/C25H26N2O6/c1-16-5-9-19(10-6-16)26-20(17-7-11-23(31-2)21(13-17)27(29)30)15-22(28)18-8-12-24(32-3)25(14-18)33-4/h5-14,20,26H,15H2,1-4H3. The summed E-state index contributed by atoms with van der Waals surface area (Å²) >= 11 is 0. The molecule has 1 atom stereocenters. The average molecular weight is 450 g/mol. The normalized spacial score (nSPS) is 11.4. The van der Waals surface area contributed by atoms with Crippen LogP contribution < -0.4 is 19.5 Å². The van der Waals surface area contributed by atoms with Crippen LogP contribution in [0.2, 0.25) is 0 Å². The average Bonchev–Trinajstić information content (AvgIpc) is 2.83. The number of nitrogens with zero attached hydrogens (tertiary/aromatic N) is 1. The quantitative estimate of drug-likeness (QED) is 0.252. The molecule has 8 heteroatoms. The molecule has 0 bridgehead atoms. The Balaban J connectivity index is 1.97. The number of Topliss-reactive ketones (excluding diaryl/α,β-unsaturated/α-hetero) is 1. The number of hydrogen-bond acceptors (Lipinski definition) is 7. The second-order valence-corrected chi connectivity index (χ2v) is 7.45. The Kier molecular flexibility index (Phi) is 7.50. The first kappa shape index (κ1) is 23.6. The Morgan fingerprint density at radius 2 is 1.55 bits per heavy atom. The van der Waals surface area contributed by atoms with Gasteiger partial charge in [0.15, 0.2) is 23.0 Å². The van der Waals surface area contributed by atoms with Crippen LogP contribution in [0.15, 0.2) is 60.7 Å². The fourth-order valence-electron chi connectivity index (χ4n) is 3.48. The molecule has 0 fully saturated rings. The number of hydrogen-bond donors (Lipinski definition) is 1. The van der Waals surface area contributed by atoms with Crippen LogP contribution in [-0.4, -0.2) is 32.0 Å². The molecule has 0 spiro atoms. The SMILES string of the molecule is COc1ccc(C(=O)CC(Nc2ccc(C)cc2)c2ccc(OC)c([N+](=O)[O-])c2)cc1OC. The smallest absolute Gasteiger partial charge is 0.311 e. The Labute approximate surface area is 192 Å². The van der Waals surface area contributed by atoms with Crippen molar-refractivity contribution in [3.8, 4) is 17.2 Å². The molecule has 0 aromatic heterocycles. The molecule has 172 valence electrons. The van der Waals surface area contributed by atoms with Crippen molar-refractivity contribution in [1.82, 2.24) is 0 Å². The highest BCUT2D eigenvalue weighted by Gasteiger charge is 2.23. The van der Waals surface area contributed by atoms with Gasteiger partial charge in [-0.2, -0.15) is 0 Å². The molecule has 0 heterocycles. The van der Waals surface area contributed by atoms with Gasteiger partial charge in [-0.25, -0.2) is 0 Å². The van der Waals surface area contributed by atoms with Crippen LogP contribution >= 0.6 is 0 Å². The molecule has 0 amide bonds. The number of methoxy groups -OCH3 is 3. The minimum absolute atomic E-state index is 0.0623. The summed E-state index contributed by atoms with van der Waals surface area (Å²) in [4.78, 5) is 24.2. The van der Waals surface area contributed by atoms with Crippen molar-refractivity contribution >= 4 is 17.2 Å². The zero-order valence-corrected chi connectivity index (χ0v) is 19.0. The van der Waals surface area contributed by atoms with Gasteiger partial charge in [0, 0.05) is 23.7 Å². The number of rotatable bonds is 10. The van der Waals surface area contributed by atoms with Gasteiger partial charge in [-0.05, 0) is 48.9 Å². The van der Waals surface area contributed by atoms with Crippen molar-refractivity contribution < 1.29 is 23.9 Å². The van der Waals surface area contributed by atoms with E-state index in [1.54, 1.807) is 24.3 Å². The molecule has 0 saturated carbocycles. The first-order valence-electron chi connectivity index (χ1n) is 10.3. The first-order chi connectivity index (χ1) is 15.9. The van der Waals surface area contributed by atoms with Crippen molar-refractivity contribution in [3.05, 3.63) is 87.5 Å². The summed E-state index contributed by atoms with van der Waals surface area (Å²) in [7, 11) is 4.41. The van der Waals surface area contributed by atoms with E-state index < -0.39 is 11.0 Å². The van der Waals surface area contributed by atoms with E-state index >= 15 is 0 Å². The molecule has 1 N–H and O–H groups in total.